The van der Waals surface area contributed by atoms with Gasteiger partial charge in [0.2, 0.25) is 11.8 Å². The zero-order chi connectivity index (χ0) is 21.2. The molecule has 1 aromatic carbocycles. The number of piperidine rings is 1. The Morgan fingerprint density at radius 1 is 1.29 bits per heavy atom. The molecule has 0 radical (unpaired) electrons. The zero-order valence-corrected chi connectivity index (χ0v) is 17.6. The molecule has 0 spiro atoms. The van der Waals surface area contributed by atoms with Crippen molar-refractivity contribution in [3.8, 4) is 5.75 Å². The first-order valence-corrected chi connectivity index (χ1v) is 10.4. The fraction of sp³-hybridized carbons (Fsp3) is 0.375. The van der Waals surface area contributed by atoms with Crippen LogP contribution >= 0.6 is 15.9 Å². The fourth-order valence-electron chi connectivity index (χ4n) is 2.78. The Kier molecular flexibility index (Phi) is 6.55. The molecule has 1 N–H and O–H groups in total. The second-order valence-corrected chi connectivity index (χ2v) is 7.38. The smallest absolute Gasteiger partial charge is 0.357 e. The van der Waals surface area contributed by atoms with Gasteiger partial charge in [0.15, 0.2) is 5.75 Å². The van der Waals surface area contributed by atoms with E-state index in [0.717, 1.165) is 6.07 Å². The van der Waals surface area contributed by atoms with E-state index in [2.05, 4.69) is 30.4 Å². The van der Waals surface area contributed by atoms with Crippen LogP contribution in [0.1, 0.15) is 38.6 Å². The summed E-state index contributed by atoms with van der Waals surface area (Å²) in [6.45, 7) is 5.49. The molecule has 3 rings (SSSR count). The average molecular weight is 478 g/mol. The number of amides is 2. The second-order valence-electron chi connectivity index (χ2n) is 5.58. The van der Waals surface area contributed by atoms with Crippen LogP contribution in [0.5, 0.6) is 5.75 Å². The van der Waals surface area contributed by atoms with Crippen molar-refractivity contribution >= 4 is 49.2 Å². The number of aryl methyl sites for hydroxylation is 1. The van der Waals surface area contributed by atoms with Crippen LogP contribution < -0.4 is 15.1 Å². The number of halogens is 2. The molecule has 1 atom stereocenters. The highest BCUT2D eigenvalue weighted by atomic mass is 79.9. The number of hydrogen-bond acceptors (Lipinski definition) is 7. The van der Waals surface area contributed by atoms with Gasteiger partial charge >= 0.3 is 10.5 Å². The molecule has 2 heterocycles. The van der Waals surface area contributed by atoms with Gasteiger partial charge in [0.1, 0.15) is 11.9 Å². The lowest BCUT2D eigenvalue weighted by molar-refractivity contribution is -0.135. The Morgan fingerprint density at radius 3 is 2.50 bits per heavy atom. The number of imide groups is 1. The minimum absolute atomic E-state index is 0.0174. The van der Waals surface area contributed by atoms with Crippen molar-refractivity contribution in [2.75, 3.05) is 0 Å². The van der Waals surface area contributed by atoms with Crippen molar-refractivity contribution in [1.82, 2.24) is 14.9 Å². The molecular weight excluding hydrogens is 461 g/mol. The largest absolute Gasteiger partial charge is 0.488 e. The molecule has 12 heteroatoms. The molecular formula is C16H17BrFN3O6S. The summed E-state index contributed by atoms with van der Waals surface area (Å²) in [7, 11) is -5.25. The maximum atomic E-state index is 12.8. The second kappa shape index (κ2) is 8.35. The molecule has 1 aliphatic rings. The molecule has 0 bridgehead atoms. The summed E-state index contributed by atoms with van der Waals surface area (Å²) in [6.07, 6.45) is 0.242. The van der Waals surface area contributed by atoms with E-state index in [1.54, 1.807) is 0 Å². The van der Waals surface area contributed by atoms with Crippen molar-refractivity contribution in [3.05, 3.63) is 32.8 Å². The van der Waals surface area contributed by atoms with Crippen molar-refractivity contribution in [1.29, 1.82) is 0 Å². The number of benzene rings is 1. The average Bonchev–Trinajstić information content (AvgIpc) is 2.59. The highest BCUT2D eigenvalue weighted by molar-refractivity contribution is 9.10. The first-order chi connectivity index (χ1) is 13.1. The number of carbonyl (C=O) groups excluding carboxylic acids is 2. The van der Waals surface area contributed by atoms with Crippen LogP contribution in [0, 0.1) is 6.92 Å². The quantitative estimate of drug-likeness (QED) is 0.529. The van der Waals surface area contributed by atoms with E-state index in [4.69, 9.17) is 0 Å². The van der Waals surface area contributed by atoms with E-state index in [1.165, 1.54) is 17.6 Å². The minimum atomic E-state index is -5.25. The Labute approximate surface area is 168 Å². The Balaban J connectivity index is 0.00000136. The lowest BCUT2D eigenvalue weighted by Crippen LogP contribution is -2.45. The monoisotopic (exact) mass is 477 g/mol. The number of rotatable bonds is 3. The van der Waals surface area contributed by atoms with Gasteiger partial charge in [0.05, 0.1) is 15.4 Å². The van der Waals surface area contributed by atoms with E-state index in [-0.39, 0.29) is 39.8 Å². The summed E-state index contributed by atoms with van der Waals surface area (Å²) in [6, 6.07) is 1.44. The molecule has 152 valence electrons. The number of carbonyl (C=O) groups is 2. The molecule has 1 aromatic heterocycles. The van der Waals surface area contributed by atoms with Crippen molar-refractivity contribution in [2.45, 2.75) is 39.7 Å². The highest BCUT2D eigenvalue weighted by Crippen LogP contribution is 2.30. The summed E-state index contributed by atoms with van der Waals surface area (Å²) in [5.74, 6) is -1.21. The van der Waals surface area contributed by atoms with Crippen LogP contribution in [-0.2, 0) is 20.1 Å². The molecule has 1 aliphatic heterocycles. The van der Waals surface area contributed by atoms with Crippen LogP contribution in [0.4, 0.5) is 3.89 Å². The van der Waals surface area contributed by atoms with Gasteiger partial charge in [-0.25, -0.2) is 4.98 Å². The van der Waals surface area contributed by atoms with Gasteiger partial charge in [-0.1, -0.05) is 17.7 Å². The topological polar surface area (TPSA) is 124 Å². The number of nitrogens with one attached hydrogen (secondary N) is 1. The third-order valence-electron chi connectivity index (χ3n) is 3.84. The lowest BCUT2D eigenvalue weighted by atomic mass is 10.1. The Bertz CT molecular complexity index is 1120. The predicted molar refractivity (Wildman–Crippen MR) is 102 cm³/mol. The van der Waals surface area contributed by atoms with Gasteiger partial charge in [-0.2, -0.15) is 8.42 Å². The number of nitrogens with zero attached hydrogens (tertiary/aromatic N) is 2. The van der Waals surface area contributed by atoms with E-state index in [0.29, 0.717) is 0 Å². The van der Waals surface area contributed by atoms with Gasteiger partial charge in [-0.15, -0.1) is 0 Å². The van der Waals surface area contributed by atoms with Gasteiger partial charge in [-0.3, -0.25) is 24.3 Å². The number of aromatic nitrogens is 2. The molecule has 0 saturated carbocycles. The van der Waals surface area contributed by atoms with E-state index in [9.17, 15) is 26.7 Å². The standard InChI is InChI=1S/C14H11BrFN3O6S.C2H6/c1-6-17-9-5-11(25-26(16,23)24)8(15)4-7(9)14(22)19(6)10-2-3-12(20)18-13(10)21;1-2/h4-5,10H,2-3H2,1H3,(H,18,20,21);1-2H3. The first kappa shape index (κ1) is 22.0. The molecule has 1 fully saturated rings. The molecule has 2 amide bonds. The van der Waals surface area contributed by atoms with E-state index < -0.39 is 33.9 Å². The lowest BCUT2D eigenvalue weighted by Gasteiger charge is -2.24. The maximum absolute atomic E-state index is 12.8. The Hall–Kier alpha value is -2.34. The van der Waals surface area contributed by atoms with Gasteiger partial charge in [-0.05, 0) is 35.3 Å². The first-order valence-electron chi connectivity index (χ1n) is 8.27. The van der Waals surface area contributed by atoms with Crippen molar-refractivity contribution < 1.29 is 26.1 Å². The molecule has 28 heavy (non-hydrogen) atoms. The number of hydrogen-bond donors (Lipinski definition) is 1. The summed E-state index contributed by atoms with van der Waals surface area (Å²) >= 11 is 3.01. The summed E-state index contributed by atoms with van der Waals surface area (Å²) in [5.41, 5.74) is -0.491. The minimum Gasteiger partial charge on any atom is -0.357 e. The molecule has 1 saturated heterocycles. The maximum Gasteiger partial charge on any atom is 0.488 e. The summed E-state index contributed by atoms with van der Waals surface area (Å²) in [4.78, 5) is 40.4. The van der Waals surface area contributed by atoms with Gasteiger partial charge < -0.3 is 4.18 Å². The molecule has 9 nitrogen and oxygen atoms in total. The van der Waals surface area contributed by atoms with Crippen molar-refractivity contribution in [2.24, 2.45) is 0 Å². The molecule has 1 unspecified atom stereocenters. The summed E-state index contributed by atoms with van der Waals surface area (Å²) < 4.78 is 39.5. The molecule has 0 aliphatic carbocycles. The van der Waals surface area contributed by atoms with Crippen LogP contribution in [0.15, 0.2) is 21.4 Å². The molecule has 2 aromatic rings. The SMILES string of the molecule is CC.Cc1nc2cc(OS(=O)(=O)F)c(Br)cc2c(=O)n1C1CCC(=O)NC1=O. The fourth-order valence-corrected chi connectivity index (χ4v) is 3.66. The van der Waals surface area contributed by atoms with Crippen molar-refractivity contribution in [3.63, 3.8) is 0 Å². The predicted octanol–water partition coefficient (Wildman–Crippen LogP) is 2.06. The van der Waals surface area contributed by atoms with Crippen LogP contribution in [0.2, 0.25) is 0 Å². The van der Waals surface area contributed by atoms with Crippen LogP contribution in [-0.4, -0.2) is 29.8 Å². The Morgan fingerprint density at radius 2 is 1.93 bits per heavy atom. The summed E-state index contributed by atoms with van der Waals surface area (Å²) in [5, 5.41) is 2.24. The van der Waals surface area contributed by atoms with Crippen LogP contribution in [0.3, 0.4) is 0 Å². The van der Waals surface area contributed by atoms with Gasteiger partial charge in [0, 0.05) is 12.5 Å². The van der Waals surface area contributed by atoms with E-state index in [1.807, 2.05) is 13.8 Å². The number of fused-ring (bicyclic) bond motifs is 1. The van der Waals surface area contributed by atoms with Gasteiger partial charge in [0.25, 0.3) is 5.56 Å². The third-order valence-corrected chi connectivity index (χ3v) is 4.84. The zero-order valence-electron chi connectivity index (χ0n) is 15.2. The van der Waals surface area contributed by atoms with Crippen LogP contribution in [0.25, 0.3) is 10.9 Å². The highest BCUT2D eigenvalue weighted by Gasteiger charge is 2.30. The van der Waals surface area contributed by atoms with E-state index >= 15 is 0 Å². The normalized spacial score (nSPS) is 17.0. The third kappa shape index (κ3) is 4.55.